The van der Waals surface area contributed by atoms with Crippen LogP contribution < -0.4 is 10.2 Å². The van der Waals surface area contributed by atoms with E-state index in [0.29, 0.717) is 40.8 Å². The number of amides is 1. The van der Waals surface area contributed by atoms with E-state index >= 15 is 0 Å². The predicted octanol–water partition coefficient (Wildman–Crippen LogP) is 4.28. The van der Waals surface area contributed by atoms with E-state index < -0.39 is 0 Å². The van der Waals surface area contributed by atoms with Gasteiger partial charge in [0.05, 0.1) is 23.9 Å². The van der Waals surface area contributed by atoms with Gasteiger partial charge in [0, 0.05) is 32.1 Å². The molecule has 0 bridgehead atoms. The van der Waals surface area contributed by atoms with Gasteiger partial charge < -0.3 is 10.2 Å². The molecule has 0 saturated carbocycles. The lowest BCUT2D eigenvalue weighted by Crippen LogP contribution is -2.31. The van der Waals surface area contributed by atoms with Gasteiger partial charge >= 0.3 is 0 Å². The highest BCUT2D eigenvalue weighted by Crippen LogP contribution is 2.37. The Balaban J connectivity index is 1.44. The number of aromatic nitrogens is 4. The number of rotatable bonds is 5. The van der Waals surface area contributed by atoms with Crippen LogP contribution in [0.5, 0.6) is 0 Å². The quantitative estimate of drug-likeness (QED) is 0.438. The Labute approximate surface area is 201 Å². The average molecular weight is 470 g/mol. The van der Waals surface area contributed by atoms with Crippen LogP contribution in [0.4, 0.5) is 17.3 Å². The minimum absolute atomic E-state index is 0.107. The number of benzene rings is 1. The Bertz CT molecular complexity index is 1440. The maximum absolute atomic E-state index is 13.1. The molecule has 34 heavy (non-hydrogen) atoms. The van der Waals surface area contributed by atoms with E-state index in [1.807, 2.05) is 37.4 Å². The van der Waals surface area contributed by atoms with Gasteiger partial charge in [0.2, 0.25) is 5.91 Å². The third-order valence-electron chi connectivity index (χ3n) is 5.83. The molecule has 0 fully saturated rings. The van der Waals surface area contributed by atoms with Crippen LogP contribution in [0.3, 0.4) is 0 Å². The molecule has 8 nitrogen and oxygen atoms in total. The van der Waals surface area contributed by atoms with Crippen molar-refractivity contribution in [1.82, 2.24) is 19.7 Å². The number of hydrogen-bond donors (Lipinski definition) is 1. The Kier molecular flexibility index (Phi) is 5.70. The number of halogens is 1. The summed E-state index contributed by atoms with van der Waals surface area (Å²) in [6, 6.07) is 15.4. The highest BCUT2D eigenvalue weighted by molar-refractivity contribution is 6.30. The zero-order valence-corrected chi connectivity index (χ0v) is 19.1. The molecule has 1 aliphatic heterocycles. The fourth-order valence-electron chi connectivity index (χ4n) is 4.17. The van der Waals surface area contributed by atoms with Crippen LogP contribution in [-0.2, 0) is 24.7 Å². The molecule has 4 aromatic rings. The first-order valence-electron chi connectivity index (χ1n) is 10.7. The van der Waals surface area contributed by atoms with Crippen LogP contribution in [0.25, 0.3) is 11.1 Å². The molecular weight excluding hydrogens is 450 g/mol. The first-order valence-corrected chi connectivity index (χ1v) is 11.1. The maximum atomic E-state index is 13.1. The summed E-state index contributed by atoms with van der Waals surface area (Å²) in [4.78, 5) is 23.2. The first-order chi connectivity index (χ1) is 16.5. The van der Waals surface area contributed by atoms with Crippen molar-refractivity contribution < 1.29 is 4.79 Å². The van der Waals surface area contributed by atoms with Crippen molar-refractivity contribution in [2.24, 2.45) is 7.05 Å². The summed E-state index contributed by atoms with van der Waals surface area (Å²) in [6.45, 7) is 0.522. The number of nitriles is 1. The maximum Gasteiger partial charge on any atom is 0.231 e. The fraction of sp³-hybridized carbons (Fsp3) is 0.160. The van der Waals surface area contributed by atoms with Crippen LogP contribution in [0.2, 0.25) is 5.15 Å². The molecule has 1 aromatic carbocycles. The minimum Gasteiger partial charge on any atom is -0.325 e. The topological polar surface area (TPSA) is 99.7 Å². The zero-order valence-electron chi connectivity index (χ0n) is 18.4. The molecule has 4 heterocycles. The molecule has 1 N–H and O–H groups in total. The van der Waals surface area contributed by atoms with Gasteiger partial charge in [0.1, 0.15) is 22.9 Å². The predicted molar refractivity (Wildman–Crippen MR) is 130 cm³/mol. The van der Waals surface area contributed by atoms with Crippen molar-refractivity contribution in [2.45, 2.75) is 12.8 Å². The normalized spacial score (nSPS) is 12.3. The fourth-order valence-corrected chi connectivity index (χ4v) is 4.35. The molecule has 1 amide bonds. The average Bonchev–Trinajstić information content (AvgIpc) is 3.46. The third-order valence-corrected chi connectivity index (χ3v) is 6.17. The molecule has 1 aliphatic rings. The summed E-state index contributed by atoms with van der Waals surface area (Å²) in [7, 11) is 1.85. The van der Waals surface area contributed by atoms with Gasteiger partial charge in [-0.2, -0.15) is 10.4 Å². The largest absolute Gasteiger partial charge is 0.325 e. The second kappa shape index (κ2) is 8.96. The molecule has 5 rings (SSSR count). The highest BCUT2D eigenvalue weighted by atomic mass is 35.5. The van der Waals surface area contributed by atoms with E-state index in [1.165, 1.54) is 0 Å². The second-order valence-corrected chi connectivity index (χ2v) is 8.32. The molecular formula is C25H20ClN7O. The number of pyridine rings is 2. The number of nitrogens with zero attached hydrogens (tertiary/aromatic N) is 6. The Morgan fingerprint density at radius 1 is 1.15 bits per heavy atom. The van der Waals surface area contributed by atoms with Crippen LogP contribution in [0.15, 0.2) is 61.1 Å². The first kappa shape index (κ1) is 21.6. The monoisotopic (exact) mass is 469 g/mol. The summed E-state index contributed by atoms with van der Waals surface area (Å²) in [5.74, 6) is 1.38. The summed E-state index contributed by atoms with van der Waals surface area (Å²) in [5, 5.41) is 17.6. The summed E-state index contributed by atoms with van der Waals surface area (Å²) in [5.41, 5.74) is 4.61. The number of aryl methyl sites for hydroxylation is 1. The number of nitrogens with one attached hydrogen (secondary N) is 1. The molecule has 0 atom stereocenters. The van der Waals surface area contributed by atoms with Crippen LogP contribution in [0, 0.1) is 11.3 Å². The van der Waals surface area contributed by atoms with Gasteiger partial charge in [-0.3, -0.25) is 9.48 Å². The van der Waals surface area contributed by atoms with E-state index in [2.05, 4.69) is 26.5 Å². The van der Waals surface area contributed by atoms with Crippen molar-refractivity contribution in [1.29, 1.82) is 5.26 Å². The van der Waals surface area contributed by atoms with Gasteiger partial charge in [0.25, 0.3) is 0 Å². The van der Waals surface area contributed by atoms with E-state index in [-0.39, 0.29) is 12.3 Å². The van der Waals surface area contributed by atoms with Gasteiger partial charge in [0.15, 0.2) is 0 Å². The zero-order chi connectivity index (χ0) is 23.7. The van der Waals surface area contributed by atoms with Crippen LogP contribution in [-0.4, -0.2) is 32.2 Å². The number of anilines is 3. The standard InChI is InChI=1S/C25H20ClN7O/c1-32-22(5-9-30-32)31-21-13-16(4-8-28-21)19-11-17-6-10-33(24(17)20(12-19)15-27)23(34)14-18-3-2-7-29-25(18)26/h2-5,7-9,11-13H,6,10,14H2,1H3,(H,28,31). The summed E-state index contributed by atoms with van der Waals surface area (Å²) < 4.78 is 1.72. The van der Waals surface area contributed by atoms with Crippen molar-refractivity contribution >= 4 is 34.8 Å². The van der Waals surface area contributed by atoms with Crippen molar-refractivity contribution in [3.63, 3.8) is 0 Å². The summed E-state index contributed by atoms with van der Waals surface area (Å²) >= 11 is 6.14. The number of carbonyl (C=O) groups is 1. The van der Waals surface area contributed by atoms with Gasteiger partial charge in [-0.1, -0.05) is 17.7 Å². The van der Waals surface area contributed by atoms with Gasteiger partial charge in [-0.05, 0) is 59.0 Å². The van der Waals surface area contributed by atoms with Crippen LogP contribution >= 0.6 is 11.6 Å². The molecule has 9 heteroatoms. The van der Waals surface area contributed by atoms with Gasteiger partial charge in [-0.25, -0.2) is 9.97 Å². The Morgan fingerprint density at radius 3 is 2.79 bits per heavy atom. The van der Waals surface area contributed by atoms with E-state index in [4.69, 9.17) is 11.6 Å². The number of hydrogen-bond acceptors (Lipinski definition) is 6. The lowest BCUT2D eigenvalue weighted by atomic mass is 9.98. The van der Waals surface area contributed by atoms with Crippen LogP contribution in [0.1, 0.15) is 16.7 Å². The second-order valence-electron chi connectivity index (χ2n) is 7.96. The number of fused-ring (bicyclic) bond motifs is 1. The molecule has 0 unspecified atom stereocenters. The Morgan fingerprint density at radius 2 is 2.03 bits per heavy atom. The number of carbonyl (C=O) groups excluding carboxylic acids is 1. The van der Waals surface area contributed by atoms with Crippen molar-refractivity contribution in [2.75, 3.05) is 16.8 Å². The third kappa shape index (κ3) is 4.09. The van der Waals surface area contributed by atoms with Gasteiger partial charge in [-0.15, -0.1) is 0 Å². The smallest absolute Gasteiger partial charge is 0.231 e. The molecule has 0 saturated heterocycles. The summed E-state index contributed by atoms with van der Waals surface area (Å²) in [6.07, 6.45) is 5.83. The molecule has 0 aliphatic carbocycles. The lowest BCUT2D eigenvalue weighted by molar-refractivity contribution is -0.117. The van der Waals surface area contributed by atoms with E-state index in [1.54, 1.807) is 40.3 Å². The molecule has 0 radical (unpaired) electrons. The highest BCUT2D eigenvalue weighted by Gasteiger charge is 2.29. The Hall–Kier alpha value is -4.22. The van der Waals surface area contributed by atoms with E-state index in [0.717, 1.165) is 22.5 Å². The minimum atomic E-state index is -0.107. The molecule has 3 aromatic heterocycles. The van der Waals surface area contributed by atoms with Crippen molar-refractivity contribution in [3.05, 3.63) is 82.9 Å². The molecule has 168 valence electrons. The lowest BCUT2D eigenvalue weighted by Gasteiger charge is -2.19. The van der Waals surface area contributed by atoms with Crippen molar-refractivity contribution in [3.8, 4) is 17.2 Å². The van der Waals surface area contributed by atoms with E-state index in [9.17, 15) is 10.1 Å². The molecule has 0 spiro atoms. The SMILES string of the molecule is Cn1nccc1Nc1cc(-c2cc(C#N)c3c(c2)CCN3C(=O)Cc2cccnc2Cl)ccn1.